The summed E-state index contributed by atoms with van der Waals surface area (Å²) in [4.78, 5) is 31.4. The fourth-order valence-electron chi connectivity index (χ4n) is 1.05. The highest BCUT2D eigenvalue weighted by Gasteiger charge is 2.30. The Labute approximate surface area is 81.6 Å². The molecule has 0 heterocycles. The largest absolute Gasteiger partial charge is 0.811 e. The number of amides is 1. The number of rotatable bonds is 5. The second-order valence-electron chi connectivity index (χ2n) is 3.40. The Kier molecular flexibility index (Phi) is 3.66. The van der Waals surface area contributed by atoms with Gasteiger partial charge in [-0.05, 0) is 25.4 Å². The van der Waals surface area contributed by atoms with Crippen LogP contribution < -0.4 is 9.79 Å². The summed E-state index contributed by atoms with van der Waals surface area (Å²) in [5.74, 6) is -0.657. The van der Waals surface area contributed by atoms with E-state index < -0.39 is 19.7 Å². The third-order valence-electron chi connectivity index (χ3n) is 1.97. The summed E-state index contributed by atoms with van der Waals surface area (Å²) in [5.41, 5.74) is 0. The van der Waals surface area contributed by atoms with E-state index in [1.807, 2.05) is 0 Å². The van der Waals surface area contributed by atoms with E-state index >= 15 is 0 Å². The van der Waals surface area contributed by atoms with Gasteiger partial charge in [0, 0.05) is 12.5 Å². The minimum absolute atomic E-state index is 0.0771. The van der Waals surface area contributed by atoms with Gasteiger partial charge in [0.1, 0.15) is 0 Å². The molecule has 0 atom stereocenters. The smallest absolute Gasteiger partial charge is 0.215 e. The van der Waals surface area contributed by atoms with Crippen LogP contribution in [0.15, 0.2) is 0 Å². The lowest BCUT2D eigenvalue weighted by molar-refractivity contribution is -0.313. The van der Waals surface area contributed by atoms with Crippen LogP contribution in [0.4, 0.5) is 0 Å². The lowest BCUT2D eigenvalue weighted by atomic mass is 10.3. The predicted molar refractivity (Wildman–Crippen MR) is 44.9 cm³/mol. The minimum Gasteiger partial charge on any atom is -0.811 e. The molecule has 1 rings (SSSR count). The molecule has 0 bridgehead atoms. The van der Waals surface area contributed by atoms with Crippen molar-refractivity contribution in [1.82, 2.24) is 5.06 Å². The second kappa shape index (κ2) is 4.40. The molecule has 82 valence electrons. The van der Waals surface area contributed by atoms with Crippen molar-refractivity contribution in [3.8, 4) is 0 Å². The van der Waals surface area contributed by atoms with Crippen LogP contribution in [0.1, 0.15) is 19.3 Å². The number of carbonyl (C=O) groups excluding carboxylic acids is 1. The van der Waals surface area contributed by atoms with Crippen molar-refractivity contribution in [3.63, 3.8) is 0 Å². The van der Waals surface area contributed by atoms with Gasteiger partial charge in [0.2, 0.25) is 5.91 Å². The first-order chi connectivity index (χ1) is 6.40. The van der Waals surface area contributed by atoms with Crippen LogP contribution in [0.3, 0.4) is 0 Å². The van der Waals surface area contributed by atoms with Crippen molar-refractivity contribution in [3.05, 3.63) is 5.21 Å². The molecule has 7 heteroatoms. The van der Waals surface area contributed by atoms with Gasteiger partial charge in [0.05, 0.1) is 0 Å². The molecule has 0 saturated heterocycles. The Hall–Kier alpha value is -0.420. The maximum Gasteiger partial charge on any atom is 0.215 e. The molecule has 0 radical (unpaired) electrons. The van der Waals surface area contributed by atoms with Crippen LogP contribution in [-0.4, -0.2) is 23.7 Å². The average molecular weight is 220 g/mol. The van der Waals surface area contributed by atoms with Gasteiger partial charge in [-0.2, -0.15) is 0 Å². The van der Waals surface area contributed by atoms with Gasteiger partial charge in [0.25, 0.3) is 0 Å². The summed E-state index contributed by atoms with van der Waals surface area (Å²) in [7, 11) is -4.54. The highest BCUT2D eigenvalue weighted by atomic mass is 31.2. The number of nitrogens with zero attached hydrogens (tertiary/aromatic N) is 1. The van der Waals surface area contributed by atoms with E-state index in [0.717, 1.165) is 12.8 Å². The molecule has 1 amide bonds. The maximum absolute atomic E-state index is 11.0. The second-order valence-corrected chi connectivity index (χ2v) is 5.07. The molecular weight excluding hydrogens is 209 g/mol. The summed E-state index contributed by atoms with van der Waals surface area (Å²) < 4.78 is 10.2. The summed E-state index contributed by atoms with van der Waals surface area (Å²) in [5, 5.41) is 11.2. The van der Waals surface area contributed by atoms with Crippen LogP contribution in [-0.2, 0) is 9.36 Å². The van der Waals surface area contributed by atoms with Crippen LogP contribution in [0.2, 0.25) is 0 Å². The molecule has 0 spiro atoms. The van der Waals surface area contributed by atoms with Gasteiger partial charge < -0.3 is 24.6 Å². The molecule has 1 aliphatic rings. The molecule has 0 aliphatic heterocycles. The first-order valence-electron chi connectivity index (χ1n) is 4.40. The van der Waals surface area contributed by atoms with Crippen molar-refractivity contribution < 1.29 is 19.1 Å². The topological polar surface area (TPSA) is 107 Å². The molecule has 1 fully saturated rings. The Balaban J connectivity index is 2.17. The van der Waals surface area contributed by atoms with Crippen molar-refractivity contribution in [2.24, 2.45) is 5.92 Å². The highest BCUT2D eigenvalue weighted by Crippen LogP contribution is 2.31. The van der Waals surface area contributed by atoms with Crippen molar-refractivity contribution >= 4 is 13.5 Å². The molecule has 0 aromatic carbocycles. The van der Waals surface area contributed by atoms with Crippen LogP contribution in [0.25, 0.3) is 0 Å². The van der Waals surface area contributed by atoms with Crippen LogP contribution >= 0.6 is 7.60 Å². The van der Waals surface area contributed by atoms with E-state index in [4.69, 9.17) is 0 Å². The molecule has 1 aliphatic carbocycles. The van der Waals surface area contributed by atoms with Gasteiger partial charge in [0.15, 0.2) is 0 Å². The van der Waals surface area contributed by atoms with E-state index in [-0.39, 0.29) is 23.9 Å². The van der Waals surface area contributed by atoms with Crippen molar-refractivity contribution in [2.45, 2.75) is 19.3 Å². The highest BCUT2D eigenvalue weighted by molar-refractivity contribution is 7.48. The van der Waals surface area contributed by atoms with E-state index in [1.165, 1.54) is 0 Å². The van der Waals surface area contributed by atoms with Gasteiger partial charge >= 0.3 is 0 Å². The zero-order valence-electron chi connectivity index (χ0n) is 7.55. The minimum atomic E-state index is -4.54. The quantitative estimate of drug-likeness (QED) is 0.437. The summed E-state index contributed by atoms with van der Waals surface area (Å²) in [6.07, 6.45) is 0.828. The zero-order valence-corrected chi connectivity index (χ0v) is 8.44. The van der Waals surface area contributed by atoms with Gasteiger partial charge in [-0.3, -0.25) is 4.79 Å². The monoisotopic (exact) mass is 220 g/mol. The third kappa shape index (κ3) is 4.19. The van der Waals surface area contributed by atoms with Gasteiger partial charge in [-0.1, -0.05) is 7.60 Å². The summed E-state index contributed by atoms with van der Waals surface area (Å²) in [6, 6.07) is 0. The number of hydrogen-bond donors (Lipinski definition) is 0. The van der Waals surface area contributed by atoms with Gasteiger partial charge in [-0.25, -0.2) is 0 Å². The zero-order chi connectivity index (χ0) is 10.8. The molecule has 0 aromatic rings. The Bertz CT molecular complexity index is 259. The number of carbonyl (C=O) groups is 1. The predicted octanol–water partition coefficient (Wildman–Crippen LogP) is -0.973. The molecule has 0 N–H and O–H groups in total. The van der Waals surface area contributed by atoms with E-state index in [9.17, 15) is 24.4 Å². The van der Waals surface area contributed by atoms with Crippen molar-refractivity contribution in [1.29, 1.82) is 0 Å². The average Bonchev–Trinajstić information content (AvgIpc) is 2.82. The Morgan fingerprint density at radius 2 is 2.00 bits per heavy atom. The third-order valence-corrected chi connectivity index (χ3v) is 2.83. The van der Waals surface area contributed by atoms with Crippen molar-refractivity contribution in [2.75, 3.05) is 12.7 Å². The summed E-state index contributed by atoms with van der Waals surface area (Å²) in [6.45, 7) is -0.205. The molecule has 14 heavy (non-hydrogen) atoms. The SMILES string of the molecule is O=C(C1CC1)N([O-])CCCP(=O)([O-])[O-]. The first kappa shape index (κ1) is 11.7. The summed E-state index contributed by atoms with van der Waals surface area (Å²) >= 11 is 0. The first-order valence-corrected chi connectivity index (χ1v) is 6.12. The van der Waals surface area contributed by atoms with Gasteiger partial charge in [-0.15, -0.1) is 0 Å². The van der Waals surface area contributed by atoms with E-state index in [0.29, 0.717) is 0 Å². The maximum atomic E-state index is 11.0. The lowest BCUT2D eigenvalue weighted by Crippen LogP contribution is -2.28. The number of hydrogen-bond acceptors (Lipinski definition) is 5. The van der Waals surface area contributed by atoms with Crippen LogP contribution in [0.5, 0.6) is 0 Å². The normalized spacial score (nSPS) is 16.8. The van der Waals surface area contributed by atoms with Crippen LogP contribution in [0, 0.1) is 11.1 Å². The molecule has 1 saturated carbocycles. The molecule has 6 nitrogen and oxygen atoms in total. The molecule has 0 aromatic heterocycles. The Morgan fingerprint density at radius 1 is 1.43 bits per heavy atom. The fraction of sp³-hybridized carbons (Fsp3) is 0.857. The number of hydroxylamine groups is 2. The lowest BCUT2D eigenvalue weighted by Gasteiger charge is -2.33. The molecule has 0 unspecified atom stereocenters. The standard InChI is InChI=1S/C7H13NO5P/c9-7(6-2-3-6)8(10)4-1-5-14(11,12)13/h6H,1-5H2,(H2,11,12,13)/q-1/p-2. The van der Waals surface area contributed by atoms with E-state index in [1.54, 1.807) is 0 Å². The molecular formula is C7H11NO5P-3. The van der Waals surface area contributed by atoms with E-state index in [2.05, 4.69) is 0 Å². The fourth-order valence-corrected chi connectivity index (χ4v) is 1.58. The Morgan fingerprint density at radius 3 is 2.43 bits per heavy atom.